The van der Waals surface area contributed by atoms with Crippen LogP contribution in [0.25, 0.3) is 0 Å². The van der Waals surface area contributed by atoms with Crippen molar-refractivity contribution in [3.05, 3.63) is 47.8 Å². The Hall–Kier alpha value is -2.83. The molecule has 7 nitrogen and oxygen atoms in total. The third kappa shape index (κ3) is 3.63. The van der Waals surface area contributed by atoms with E-state index in [0.717, 1.165) is 11.3 Å². The van der Waals surface area contributed by atoms with Crippen LogP contribution in [-0.4, -0.2) is 33.9 Å². The van der Waals surface area contributed by atoms with E-state index in [-0.39, 0.29) is 11.5 Å². The van der Waals surface area contributed by atoms with Crippen LogP contribution in [-0.2, 0) is 11.3 Å². The van der Waals surface area contributed by atoms with E-state index in [1.807, 2.05) is 24.3 Å². The van der Waals surface area contributed by atoms with Crippen molar-refractivity contribution in [3.8, 4) is 5.75 Å². The highest BCUT2D eigenvalue weighted by Crippen LogP contribution is 2.12. The van der Waals surface area contributed by atoms with Gasteiger partial charge in [-0.25, -0.2) is 4.79 Å². The van der Waals surface area contributed by atoms with Crippen molar-refractivity contribution in [1.29, 1.82) is 0 Å². The lowest BCUT2D eigenvalue weighted by molar-refractivity contribution is -0.124. The minimum atomic E-state index is -1.07. The maximum Gasteiger partial charge on any atom is 0.338 e. The van der Waals surface area contributed by atoms with E-state index in [1.165, 1.54) is 17.1 Å². The predicted molar refractivity (Wildman–Crippen MR) is 78.7 cm³/mol. The highest BCUT2D eigenvalue weighted by molar-refractivity contribution is 5.87. The van der Waals surface area contributed by atoms with Gasteiger partial charge in [-0.1, -0.05) is 12.1 Å². The lowest BCUT2D eigenvalue weighted by Gasteiger charge is -2.12. The summed E-state index contributed by atoms with van der Waals surface area (Å²) in [5, 5.41) is 15.5. The fourth-order valence-electron chi connectivity index (χ4n) is 1.86. The molecule has 0 fully saturated rings. The highest BCUT2D eigenvalue weighted by Gasteiger charge is 2.17. The van der Waals surface area contributed by atoms with Crippen LogP contribution in [0.2, 0.25) is 0 Å². The Kier molecular flexibility index (Phi) is 4.77. The Bertz CT molecular complexity index is 664. The van der Waals surface area contributed by atoms with E-state index in [9.17, 15) is 9.59 Å². The van der Waals surface area contributed by atoms with Crippen molar-refractivity contribution in [3.63, 3.8) is 0 Å². The van der Waals surface area contributed by atoms with Crippen LogP contribution >= 0.6 is 0 Å². The first-order valence-corrected chi connectivity index (χ1v) is 6.69. The van der Waals surface area contributed by atoms with Gasteiger partial charge in [0.15, 0.2) is 0 Å². The number of aromatic carboxylic acids is 1. The summed E-state index contributed by atoms with van der Waals surface area (Å²) >= 11 is 0. The number of carboxylic acid groups (broad SMARTS) is 1. The third-order valence-corrected chi connectivity index (χ3v) is 3.25. The first-order valence-electron chi connectivity index (χ1n) is 6.69. The smallest absolute Gasteiger partial charge is 0.338 e. The van der Waals surface area contributed by atoms with Gasteiger partial charge in [0.25, 0.3) is 0 Å². The molecule has 0 radical (unpaired) electrons. The lowest BCUT2D eigenvalue weighted by Crippen LogP contribution is -2.30. The standard InChI is InChI=1S/C15H17N3O4/c1-10(18-9-12(8-17-18)15(20)21)14(19)16-7-11-3-5-13(22-2)6-4-11/h3-6,8-10H,7H2,1-2H3,(H,16,19)(H,20,21). The van der Waals surface area contributed by atoms with Gasteiger partial charge in [-0.15, -0.1) is 0 Å². The number of carbonyl (C=O) groups is 2. The van der Waals surface area contributed by atoms with Crippen LogP contribution < -0.4 is 10.1 Å². The molecule has 116 valence electrons. The number of nitrogens with zero attached hydrogens (tertiary/aromatic N) is 2. The second-order valence-electron chi connectivity index (χ2n) is 4.76. The summed E-state index contributed by atoms with van der Waals surface area (Å²) < 4.78 is 6.39. The number of methoxy groups -OCH3 is 1. The number of carboxylic acids is 1. The van der Waals surface area contributed by atoms with Crippen LogP contribution in [0.3, 0.4) is 0 Å². The molecule has 7 heteroatoms. The van der Waals surface area contributed by atoms with Gasteiger partial charge in [-0.05, 0) is 24.6 Å². The molecule has 0 aliphatic heterocycles. The molecule has 0 aliphatic rings. The molecule has 1 aromatic carbocycles. The summed E-state index contributed by atoms with van der Waals surface area (Å²) in [6.45, 7) is 2.03. The van der Waals surface area contributed by atoms with Crippen LogP contribution in [0.4, 0.5) is 0 Å². The molecule has 0 aliphatic carbocycles. The zero-order valence-electron chi connectivity index (χ0n) is 12.3. The molecular weight excluding hydrogens is 286 g/mol. The normalized spacial score (nSPS) is 11.7. The molecule has 2 rings (SSSR count). The first-order chi connectivity index (χ1) is 10.5. The third-order valence-electron chi connectivity index (χ3n) is 3.25. The second kappa shape index (κ2) is 6.75. The molecule has 2 aromatic rings. The van der Waals surface area contributed by atoms with E-state index in [0.29, 0.717) is 6.54 Å². The van der Waals surface area contributed by atoms with E-state index in [4.69, 9.17) is 9.84 Å². The number of benzene rings is 1. The minimum Gasteiger partial charge on any atom is -0.497 e. The number of nitrogens with one attached hydrogen (secondary N) is 1. The van der Waals surface area contributed by atoms with Crippen LogP contribution in [0.5, 0.6) is 5.75 Å². The second-order valence-corrected chi connectivity index (χ2v) is 4.76. The van der Waals surface area contributed by atoms with Crippen molar-refractivity contribution >= 4 is 11.9 Å². The average molecular weight is 303 g/mol. The molecule has 0 saturated carbocycles. The number of ether oxygens (including phenoxy) is 1. The van der Waals surface area contributed by atoms with E-state index < -0.39 is 12.0 Å². The summed E-state index contributed by atoms with van der Waals surface area (Å²) in [6, 6.07) is 6.77. The summed E-state index contributed by atoms with van der Waals surface area (Å²) in [7, 11) is 1.59. The topological polar surface area (TPSA) is 93.5 Å². The van der Waals surface area contributed by atoms with Gasteiger partial charge in [-0.3, -0.25) is 9.48 Å². The molecular formula is C15H17N3O4. The molecule has 1 unspecified atom stereocenters. The van der Waals surface area contributed by atoms with E-state index in [2.05, 4.69) is 10.4 Å². The molecule has 0 bridgehead atoms. The number of rotatable bonds is 6. The minimum absolute atomic E-state index is 0.0507. The monoisotopic (exact) mass is 303 g/mol. The van der Waals surface area contributed by atoms with Crippen molar-refractivity contribution in [1.82, 2.24) is 15.1 Å². The number of hydrogen-bond acceptors (Lipinski definition) is 4. The zero-order chi connectivity index (χ0) is 16.1. The molecule has 0 saturated heterocycles. The fraction of sp³-hybridized carbons (Fsp3) is 0.267. The van der Waals surface area contributed by atoms with Gasteiger partial charge >= 0.3 is 5.97 Å². The average Bonchev–Trinajstić information content (AvgIpc) is 3.02. The summed E-state index contributed by atoms with van der Waals surface area (Å²) in [5.74, 6) is -0.561. The Morgan fingerprint density at radius 3 is 2.59 bits per heavy atom. The molecule has 0 spiro atoms. The molecule has 22 heavy (non-hydrogen) atoms. The molecule has 1 heterocycles. The largest absolute Gasteiger partial charge is 0.497 e. The van der Waals surface area contributed by atoms with Gasteiger partial charge in [0.2, 0.25) is 5.91 Å². The summed E-state index contributed by atoms with van der Waals surface area (Å²) in [5.41, 5.74) is 0.989. The number of hydrogen-bond donors (Lipinski definition) is 2. The number of amides is 1. The van der Waals surface area contributed by atoms with E-state index in [1.54, 1.807) is 14.0 Å². The Balaban J connectivity index is 1.94. The van der Waals surface area contributed by atoms with Crippen LogP contribution in [0.1, 0.15) is 28.9 Å². The van der Waals surface area contributed by atoms with Crippen molar-refractivity contribution in [2.75, 3.05) is 7.11 Å². The summed E-state index contributed by atoms with van der Waals surface area (Å²) in [4.78, 5) is 22.9. The summed E-state index contributed by atoms with van der Waals surface area (Å²) in [6.07, 6.45) is 2.55. The fourth-order valence-corrected chi connectivity index (χ4v) is 1.86. The van der Waals surface area contributed by atoms with Crippen molar-refractivity contribution < 1.29 is 19.4 Å². The Morgan fingerprint density at radius 2 is 2.05 bits per heavy atom. The van der Waals surface area contributed by atoms with Crippen LogP contribution in [0.15, 0.2) is 36.7 Å². The molecule has 1 amide bonds. The zero-order valence-corrected chi connectivity index (χ0v) is 12.3. The molecule has 2 N–H and O–H groups in total. The van der Waals surface area contributed by atoms with Gasteiger partial charge in [0.05, 0.1) is 18.9 Å². The Morgan fingerprint density at radius 1 is 1.36 bits per heavy atom. The molecule has 1 aromatic heterocycles. The predicted octanol–water partition coefficient (Wildman–Crippen LogP) is 1.47. The first kappa shape index (κ1) is 15.6. The van der Waals surface area contributed by atoms with Crippen LogP contribution in [0, 0.1) is 0 Å². The SMILES string of the molecule is COc1ccc(CNC(=O)C(C)n2cc(C(=O)O)cn2)cc1. The lowest BCUT2D eigenvalue weighted by atomic mass is 10.2. The number of carbonyl (C=O) groups excluding carboxylic acids is 1. The Labute approximate surface area is 127 Å². The maximum atomic E-state index is 12.1. The maximum absolute atomic E-state index is 12.1. The van der Waals surface area contributed by atoms with Gasteiger partial charge in [0, 0.05) is 12.7 Å². The van der Waals surface area contributed by atoms with Crippen molar-refractivity contribution in [2.24, 2.45) is 0 Å². The van der Waals surface area contributed by atoms with Gasteiger partial charge in [0.1, 0.15) is 11.8 Å². The highest BCUT2D eigenvalue weighted by atomic mass is 16.5. The van der Waals surface area contributed by atoms with E-state index >= 15 is 0 Å². The van der Waals surface area contributed by atoms with Gasteiger partial charge in [-0.2, -0.15) is 5.10 Å². The number of aromatic nitrogens is 2. The van der Waals surface area contributed by atoms with Gasteiger partial charge < -0.3 is 15.2 Å². The molecule has 1 atom stereocenters. The quantitative estimate of drug-likeness (QED) is 0.843. The van der Waals surface area contributed by atoms with Crippen molar-refractivity contribution in [2.45, 2.75) is 19.5 Å².